The fraction of sp³-hybridized carbons (Fsp3) is 0.150. The zero-order valence-corrected chi connectivity index (χ0v) is 15.3. The summed E-state index contributed by atoms with van der Waals surface area (Å²) in [5.41, 5.74) is 4.28. The Morgan fingerprint density at radius 1 is 1.00 bits per heavy atom. The molecule has 4 aromatic rings. The first-order valence-corrected chi connectivity index (χ1v) is 8.79. The van der Waals surface area contributed by atoms with Crippen molar-refractivity contribution < 1.29 is 0 Å². The monoisotopic (exact) mass is 363 g/mol. The van der Waals surface area contributed by atoms with E-state index >= 15 is 0 Å². The Bertz CT molecular complexity index is 1040. The number of aryl methyl sites for hydroxylation is 1. The third-order valence-corrected chi connectivity index (χ3v) is 4.86. The fourth-order valence-electron chi connectivity index (χ4n) is 2.94. The van der Waals surface area contributed by atoms with Gasteiger partial charge < -0.3 is 5.32 Å². The minimum Gasteiger partial charge on any atom is -0.362 e. The molecule has 0 saturated heterocycles. The van der Waals surface area contributed by atoms with Crippen molar-refractivity contribution in [1.82, 2.24) is 19.6 Å². The molecule has 0 amide bonds. The van der Waals surface area contributed by atoms with Gasteiger partial charge in [-0.15, -0.1) is 0 Å². The van der Waals surface area contributed by atoms with Crippen LogP contribution < -0.4 is 5.32 Å². The summed E-state index contributed by atoms with van der Waals surface area (Å²) in [5.74, 6) is 1.23. The predicted octanol–water partition coefficient (Wildman–Crippen LogP) is 4.93. The molecule has 5 nitrogen and oxygen atoms in total. The largest absolute Gasteiger partial charge is 0.362 e. The Hall–Kier alpha value is -2.92. The van der Waals surface area contributed by atoms with E-state index in [4.69, 9.17) is 11.6 Å². The van der Waals surface area contributed by atoms with E-state index in [0.29, 0.717) is 16.6 Å². The summed E-state index contributed by atoms with van der Waals surface area (Å²) < 4.78 is 1.63. The third-order valence-electron chi connectivity index (χ3n) is 4.41. The summed E-state index contributed by atoms with van der Waals surface area (Å²) in [6, 6.07) is 18.9. The first-order chi connectivity index (χ1) is 12.6. The predicted molar refractivity (Wildman–Crippen MR) is 104 cm³/mol. The normalized spacial score (nSPS) is 12.3. The van der Waals surface area contributed by atoms with Gasteiger partial charge in [0, 0.05) is 6.04 Å². The van der Waals surface area contributed by atoms with E-state index in [1.165, 1.54) is 17.5 Å². The number of hydrogen-bond acceptors (Lipinski definition) is 4. The summed E-state index contributed by atoms with van der Waals surface area (Å²) in [6.07, 6.45) is 1.47. The van der Waals surface area contributed by atoms with Gasteiger partial charge in [0.2, 0.25) is 0 Å². The van der Waals surface area contributed by atoms with Crippen LogP contribution >= 0.6 is 11.6 Å². The van der Waals surface area contributed by atoms with Gasteiger partial charge in [-0.05, 0) is 30.5 Å². The molecule has 2 heterocycles. The lowest BCUT2D eigenvalue weighted by Gasteiger charge is -2.18. The Kier molecular flexibility index (Phi) is 4.31. The third kappa shape index (κ3) is 3.02. The molecule has 0 saturated carbocycles. The van der Waals surface area contributed by atoms with Gasteiger partial charge in [-0.2, -0.15) is 14.6 Å². The van der Waals surface area contributed by atoms with Gasteiger partial charge in [-0.3, -0.25) is 0 Å². The van der Waals surface area contributed by atoms with Crippen LogP contribution in [0.3, 0.4) is 0 Å². The van der Waals surface area contributed by atoms with Crippen molar-refractivity contribution in [3.63, 3.8) is 0 Å². The summed E-state index contributed by atoms with van der Waals surface area (Å²) in [7, 11) is 0. The van der Waals surface area contributed by atoms with Gasteiger partial charge in [0.15, 0.2) is 5.82 Å². The number of nitrogens with one attached hydrogen (secondary N) is 1. The molecule has 1 atom stereocenters. The second kappa shape index (κ2) is 6.77. The van der Waals surface area contributed by atoms with Crippen LogP contribution in [0.5, 0.6) is 0 Å². The number of fused-ring (bicyclic) bond motifs is 1. The second-order valence-electron chi connectivity index (χ2n) is 6.19. The van der Waals surface area contributed by atoms with Crippen LogP contribution in [0.1, 0.15) is 24.2 Å². The molecule has 6 heteroatoms. The number of benzene rings is 2. The van der Waals surface area contributed by atoms with Crippen LogP contribution in [0.25, 0.3) is 16.9 Å². The van der Waals surface area contributed by atoms with Crippen molar-refractivity contribution in [2.75, 3.05) is 5.32 Å². The zero-order chi connectivity index (χ0) is 18.1. The Morgan fingerprint density at radius 3 is 2.42 bits per heavy atom. The first kappa shape index (κ1) is 16.5. The van der Waals surface area contributed by atoms with Gasteiger partial charge >= 0.3 is 0 Å². The maximum atomic E-state index is 6.45. The minimum atomic E-state index is 0.0477. The molecule has 0 aliphatic rings. The summed E-state index contributed by atoms with van der Waals surface area (Å²) in [6.45, 7) is 3.95. The van der Waals surface area contributed by atoms with Crippen LogP contribution in [0.4, 0.5) is 5.82 Å². The molecule has 2 aromatic carbocycles. The summed E-state index contributed by atoms with van der Waals surface area (Å²) >= 11 is 6.45. The first-order valence-electron chi connectivity index (χ1n) is 8.41. The van der Waals surface area contributed by atoms with E-state index in [1.807, 2.05) is 25.1 Å². The number of anilines is 1. The van der Waals surface area contributed by atoms with Gasteiger partial charge in [0.1, 0.15) is 11.3 Å². The highest BCUT2D eigenvalue weighted by Crippen LogP contribution is 2.29. The smallest absolute Gasteiger partial charge is 0.254 e. The van der Waals surface area contributed by atoms with E-state index in [1.54, 1.807) is 4.52 Å². The lowest BCUT2D eigenvalue weighted by molar-refractivity contribution is 0.838. The van der Waals surface area contributed by atoms with E-state index < -0.39 is 0 Å². The molecule has 0 aliphatic heterocycles. The summed E-state index contributed by atoms with van der Waals surface area (Å²) in [4.78, 5) is 8.49. The maximum absolute atomic E-state index is 6.45. The molecule has 4 rings (SSSR count). The van der Waals surface area contributed by atoms with E-state index in [-0.39, 0.29) is 6.04 Å². The summed E-state index contributed by atoms with van der Waals surface area (Å²) in [5, 5.41) is 8.21. The molecule has 1 N–H and O–H groups in total. The zero-order valence-electron chi connectivity index (χ0n) is 14.5. The van der Waals surface area contributed by atoms with Gasteiger partial charge in [-0.25, -0.2) is 4.98 Å². The van der Waals surface area contributed by atoms with Gasteiger partial charge in [0.25, 0.3) is 5.78 Å². The molecule has 2 aromatic heterocycles. The Balaban J connectivity index is 1.62. The van der Waals surface area contributed by atoms with Crippen molar-refractivity contribution in [3.05, 3.63) is 77.2 Å². The highest BCUT2D eigenvalue weighted by Gasteiger charge is 2.15. The van der Waals surface area contributed by atoms with Crippen LogP contribution in [0, 0.1) is 6.92 Å². The van der Waals surface area contributed by atoms with E-state index in [9.17, 15) is 0 Å². The van der Waals surface area contributed by atoms with Gasteiger partial charge in [0.05, 0.1) is 5.69 Å². The highest BCUT2D eigenvalue weighted by molar-refractivity contribution is 6.33. The number of rotatable bonds is 4. The molecule has 0 bridgehead atoms. The lowest BCUT2D eigenvalue weighted by atomic mass is 10.0. The number of hydrogen-bond donors (Lipinski definition) is 1. The molecule has 26 heavy (non-hydrogen) atoms. The maximum Gasteiger partial charge on any atom is 0.254 e. The molecule has 0 spiro atoms. The quantitative estimate of drug-likeness (QED) is 0.558. The van der Waals surface area contributed by atoms with Crippen LogP contribution in [0.2, 0.25) is 5.02 Å². The van der Waals surface area contributed by atoms with Gasteiger partial charge in [-0.1, -0.05) is 66.2 Å². The average molecular weight is 364 g/mol. The second-order valence-corrected chi connectivity index (χ2v) is 6.56. The highest BCUT2D eigenvalue weighted by atomic mass is 35.5. The average Bonchev–Trinajstić information content (AvgIpc) is 3.14. The fourth-order valence-corrected chi connectivity index (χ4v) is 3.12. The molecule has 0 fully saturated rings. The molecule has 130 valence electrons. The number of nitrogens with zero attached hydrogens (tertiary/aromatic N) is 4. The van der Waals surface area contributed by atoms with Crippen LogP contribution in [-0.2, 0) is 0 Å². The number of halogens is 1. The van der Waals surface area contributed by atoms with Crippen molar-refractivity contribution >= 4 is 23.2 Å². The van der Waals surface area contributed by atoms with Crippen molar-refractivity contribution in [1.29, 1.82) is 0 Å². The number of aromatic nitrogens is 4. The molecular weight excluding hydrogens is 346 g/mol. The molecular formula is C20H18ClN5. The minimum absolute atomic E-state index is 0.0477. The standard InChI is InChI=1S/C20H18ClN5/c1-13(15-8-10-17(11-9-15)16-6-4-3-5-7-16)24-19-18(21)14(2)25-20-22-12-23-26(19)20/h3-13,24H,1-2H3. The lowest BCUT2D eigenvalue weighted by Crippen LogP contribution is -2.12. The Morgan fingerprint density at radius 2 is 1.69 bits per heavy atom. The van der Waals surface area contributed by atoms with Crippen molar-refractivity contribution in [2.24, 2.45) is 0 Å². The topological polar surface area (TPSA) is 55.1 Å². The van der Waals surface area contributed by atoms with Crippen LogP contribution in [0.15, 0.2) is 60.9 Å². The van der Waals surface area contributed by atoms with Crippen LogP contribution in [-0.4, -0.2) is 19.6 Å². The SMILES string of the molecule is Cc1nc2ncnn2c(NC(C)c2ccc(-c3ccccc3)cc2)c1Cl. The Labute approximate surface area is 156 Å². The molecule has 1 unspecified atom stereocenters. The van der Waals surface area contributed by atoms with E-state index in [0.717, 1.165) is 11.3 Å². The van der Waals surface area contributed by atoms with E-state index in [2.05, 4.69) is 63.7 Å². The van der Waals surface area contributed by atoms with Crippen molar-refractivity contribution in [3.8, 4) is 11.1 Å². The molecule has 0 aliphatic carbocycles. The van der Waals surface area contributed by atoms with Crippen molar-refractivity contribution in [2.45, 2.75) is 19.9 Å². The molecule has 0 radical (unpaired) electrons.